The van der Waals surface area contributed by atoms with E-state index in [1.165, 1.54) is 11.3 Å². The number of nitrogens with zero attached hydrogens (tertiary/aromatic N) is 2. The van der Waals surface area contributed by atoms with Crippen molar-refractivity contribution in [1.29, 1.82) is 0 Å². The second-order valence-corrected chi connectivity index (χ2v) is 5.62. The third kappa shape index (κ3) is 2.05. The predicted octanol–water partition coefficient (Wildman–Crippen LogP) is 3.54. The molecule has 0 spiro atoms. The molecule has 5 heteroatoms. The first-order chi connectivity index (χ1) is 8.75. The largest absolute Gasteiger partial charge is 0.381 e. The van der Waals surface area contributed by atoms with Gasteiger partial charge >= 0.3 is 0 Å². The Balaban J connectivity index is 2.07. The molecule has 0 saturated carbocycles. The molecule has 0 fully saturated rings. The van der Waals surface area contributed by atoms with Crippen LogP contribution >= 0.6 is 27.3 Å². The fraction of sp³-hybridized carbons (Fsp3) is 0.0769. The average Bonchev–Trinajstić information content (AvgIpc) is 2.83. The van der Waals surface area contributed by atoms with Crippen LogP contribution in [0.5, 0.6) is 0 Å². The van der Waals surface area contributed by atoms with Crippen molar-refractivity contribution in [3.63, 3.8) is 0 Å². The topological polar surface area (TPSA) is 46.0 Å². The maximum atomic E-state index is 10.3. The van der Waals surface area contributed by atoms with Gasteiger partial charge in [0, 0.05) is 4.47 Å². The molecule has 0 saturated heterocycles. The van der Waals surface area contributed by atoms with Gasteiger partial charge in [-0.3, -0.25) is 4.98 Å². The number of thiophene rings is 1. The Kier molecular flexibility index (Phi) is 3.11. The van der Waals surface area contributed by atoms with Gasteiger partial charge < -0.3 is 5.11 Å². The highest BCUT2D eigenvalue weighted by Crippen LogP contribution is 2.32. The molecule has 90 valence electrons. The summed E-state index contributed by atoms with van der Waals surface area (Å²) >= 11 is 4.91. The Hall–Kier alpha value is -1.30. The summed E-state index contributed by atoms with van der Waals surface area (Å²) in [5.74, 6) is 0. The van der Waals surface area contributed by atoms with Crippen molar-refractivity contribution in [1.82, 2.24) is 9.97 Å². The highest BCUT2D eigenvalue weighted by atomic mass is 79.9. The highest BCUT2D eigenvalue weighted by Gasteiger charge is 2.17. The van der Waals surface area contributed by atoms with Crippen LogP contribution in [0.25, 0.3) is 11.0 Å². The smallest absolute Gasteiger partial charge is 0.133 e. The van der Waals surface area contributed by atoms with Crippen LogP contribution in [-0.2, 0) is 0 Å². The van der Waals surface area contributed by atoms with Gasteiger partial charge in [-0.15, -0.1) is 11.3 Å². The summed E-state index contributed by atoms with van der Waals surface area (Å²) in [5, 5.41) is 12.2. The number of benzene rings is 1. The van der Waals surface area contributed by atoms with E-state index in [9.17, 15) is 5.11 Å². The Labute approximate surface area is 116 Å². The Morgan fingerprint density at radius 2 is 1.94 bits per heavy atom. The second-order valence-electron chi connectivity index (χ2n) is 3.82. The molecule has 1 aromatic carbocycles. The van der Waals surface area contributed by atoms with Gasteiger partial charge in [0.25, 0.3) is 0 Å². The number of aromatic nitrogens is 2. The lowest BCUT2D eigenvalue weighted by atomic mass is 10.2. The predicted molar refractivity (Wildman–Crippen MR) is 75.6 cm³/mol. The van der Waals surface area contributed by atoms with Crippen LogP contribution in [-0.4, -0.2) is 15.1 Å². The van der Waals surface area contributed by atoms with E-state index >= 15 is 0 Å². The molecular formula is C13H9BrN2OS. The minimum absolute atomic E-state index is 0.567. The average molecular weight is 321 g/mol. The first kappa shape index (κ1) is 11.8. The monoisotopic (exact) mass is 320 g/mol. The van der Waals surface area contributed by atoms with Crippen LogP contribution in [0.15, 0.2) is 46.4 Å². The van der Waals surface area contributed by atoms with Crippen molar-refractivity contribution in [2.75, 3.05) is 0 Å². The van der Waals surface area contributed by atoms with Crippen molar-refractivity contribution < 1.29 is 5.11 Å². The van der Waals surface area contributed by atoms with Crippen LogP contribution < -0.4 is 0 Å². The van der Waals surface area contributed by atoms with E-state index < -0.39 is 6.10 Å². The molecule has 0 aliphatic heterocycles. The minimum atomic E-state index is -0.739. The van der Waals surface area contributed by atoms with Crippen LogP contribution in [0.3, 0.4) is 0 Å². The van der Waals surface area contributed by atoms with E-state index in [0.717, 1.165) is 20.4 Å². The second kappa shape index (κ2) is 4.76. The number of halogens is 1. The first-order valence-electron chi connectivity index (χ1n) is 5.38. The Morgan fingerprint density at radius 1 is 1.17 bits per heavy atom. The third-order valence-electron chi connectivity index (χ3n) is 2.64. The van der Waals surface area contributed by atoms with E-state index in [-0.39, 0.29) is 0 Å². The molecule has 1 unspecified atom stereocenters. The molecule has 0 amide bonds. The third-order valence-corrected chi connectivity index (χ3v) is 4.56. The SMILES string of the molecule is OC(c1cnc2ccccc2n1)c1sccc1Br. The van der Waals surface area contributed by atoms with Gasteiger partial charge in [0.15, 0.2) is 0 Å². The number of hydrogen-bond donors (Lipinski definition) is 1. The summed E-state index contributed by atoms with van der Waals surface area (Å²) in [6.45, 7) is 0. The molecule has 3 aromatic rings. The van der Waals surface area contributed by atoms with Gasteiger partial charge in [0.1, 0.15) is 6.10 Å². The fourth-order valence-electron chi connectivity index (χ4n) is 1.74. The molecule has 0 bridgehead atoms. The van der Waals surface area contributed by atoms with E-state index in [1.54, 1.807) is 6.20 Å². The molecule has 0 aliphatic carbocycles. The summed E-state index contributed by atoms with van der Waals surface area (Å²) in [6, 6.07) is 9.54. The molecule has 18 heavy (non-hydrogen) atoms. The van der Waals surface area contributed by atoms with E-state index in [4.69, 9.17) is 0 Å². The standard InChI is InChI=1S/C13H9BrN2OS/c14-8-5-6-18-13(8)12(17)11-7-15-9-3-1-2-4-10(9)16-11/h1-7,12,17H. The number of aliphatic hydroxyl groups is 1. The Bertz CT molecular complexity index is 698. The lowest BCUT2D eigenvalue weighted by Crippen LogP contribution is -2.02. The van der Waals surface area contributed by atoms with Crippen molar-refractivity contribution in [3.05, 3.63) is 57.0 Å². The lowest BCUT2D eigenvalue weighted by molar-refractivity contribution is 0.218. The highest BCUT2D eigenvalue weighted by molar-refractivity contribution is 9.10. The normalized spacial score (nSPS) is 12.8. The van der Waals surface area contributed by atoms with Gasteiger partial charge in [0.05, 0.1) is 27.8 Å². The molecule has 0 aliphatic rings. The number of rotatable bonds is 2. The maximum absolute atomic E-state index is 10.3. The molecule has 3 rings (SSSR count). The van der Waals surface area contributed by atoms with E-state index in [2.05, 4.69) is 25.9 Å². The van der Waals surface area contributed by atoms with Gasteiger partial charge in [0.2, 0.25) is 0 Å². The number of hydrogen-bond acceptors (Lipinski definition) is 4. The Morgan fingerprint density at radius 3 is 2.67 bits per heavy atom. The summed E-state index contributed by atoms with van der Waals surface area (Å²) in [4.78, 5) is 9.60. The van der Waals surface area contributed by atoms with E-state index in [0.29, 0.717) is 5.69 Å². The molecule has 1 N–H and O–H groups in total. The fourth-order valence-corrected chi connectivity index (χ4v) is 3.32. The van der Waals surface area contributed by atoms with E-state index in [1.807, 2.05) is 35.7 Å². The summed E-state index contributed by atoms with van der Waals surface area (Å²) in [7, 11) is 0. The lowest BCUT2D eigenvalue weighted by Gasteiger charge is -2.09. The maximum Gasteiger partial charge on any atom is 0.133 e. The number of aliphatic hydroxyl groups excluding tert-OH is 1. The van der Waals surface area contributed by atoms with Gasteiger partial charge in [-0.1, -0.05) is 12.1 Å². The molecule has 2 heterocycles. The van der Waals surface area contributed by atoms with Gasteiger partial charge in [-0.25, -0.2) is 4.98 Å². The quantitative estimate of drug-likeness (QED) is 0.785. The number of fused-ring (bicyclic) bond motifs is 1. The molecular weight excluding hydrogens is 312 g/mol. The number of para-hydroxylation sites is 2. The molecule has 2 aromatic heterocycles. The zero-order chi connectivity index (χ0) is 12.5. The minimum Gasteiger partial charge on any atom is -0.381 e. The zero-order valence-corrected chi connectivity index (χ0v) is 11.6. The molecule has 0 radical (unpaired) electrons. The summed E-state index contributed by atoms with van der Waals surface area (Å²) in [5.41, 5.74) is 2.19. The summed E-state index contributed by atoms with van der Waals surface area (Å²) in [6.07, 6.45) is 0.885. The van der Waals surface area contributed by atoms with Crippen LogP contribution in [0.1, 0.15) is 16.7 Å². The van der Waals surface area contributed by atoms with Crippen LogP contribution in [0, 0.1) is 0 Å². The van der Waals surface area contributed by atoms with Gasteiger partial charge in [-0.2, -0.15) is 0 Å². The van der Waals surface area contributed by atoms with Crippen LogP contribution in [0.4, 0.5) is 0 Å². The van der Waals surface area contributed by atoms with Crippen molar-refractivity contribution in [2.45, 2.75) is 6.10 Å². The van der Waals surface area contributed by atoms with Crippen molar-refractivity contribution in [2.24, 2.45) is 0 Å². The first-order valence-corrected chi connectivity index (χ1v) is 7.05. The zero-order valence-electron chi connectivity index (χ0n) is 9.25. The summed E-state index contributed by atoms with van der Waals surface area (Å²) < 4.78 is 0.898. The molecule has 1 atom stereocenters. The van der Waals surface area contributed by atoms with Crippen LogP contribution in [0.2, 0.25) is 0 Å². The van der Waals surface area contributed by atoms with Crippen molar-refractivity contribution in [3.8, 4) is 0 Å². The van der Waals surface area contributed by atoms with Crippen molar-refractivity contribution >= 4 is 38.3 Å². The van der Waals surface area contributed by atoms with Gasteiger partial charge in [-0.05, 0) is 39.5 Å². The molecule has 3 nitrogen and oxygen atoms in total.